The predicted molar refractivity (Wildman–Crippen MR) is 158 cm³/mol. The molecule has 1 amide bonds. The molecule has 40 heavy (non-hydrogen) atoms. The minimum atomic E-state index is -0.561. The van der Waals surface area contributed by atoms with Gasteiger partial charge in [0.2, 0.25) is 0 Å². The first-order valence-electron chi connectivity index (χ1n) is 13.1. The van der Waals surface area contributed by atoms with Crippen LogP contribution >= 0.6 is 22.9 Å². The van der Waals surface area contributed by atoms with E-state index in [4.69, 9.17) is 26.8 Å². The van der Waals surface area contributed by atoms with Gasteiger partial charge < -0.3 is 20.5 Å². The van der Waals surface area contributed by atoms with Gasteiger partial charge in [-0.15, -0.1) is 11.3 Å². The van der Waals surface area contributed by atoms with Crippen LogP contribution < -0.4 is 20.5 Å². The van der Waals surface area contributed by atoms with Crippen molar-refractivity contribution in [3.05, 3.63) is 88.7 Å². The summed E-state index contributed by atoms with van der Waals surface area (Å²) in [7, 11) is 0. The topological polar surface area (TPSA) is 104 Å². The zero-order chi connectivity index (χ0) is 27.6. The molecule has 1 saturated heterocycles. The van der Waals surface area contributed by atoms with Crippen molar-refractivity contribution in [2.45, 2.75) is 32.0 Å². The van der Waals surface area contributed by atoms with E-state index < -0.39 is 12.0 Å². The molecule has 3 aromatic heterocycles. The van der Waals surface area contributed by atoms with E-state index in [2.05, 4.69) is 15.3 Å². The summed E-state index contributed by atoms with van der Waals surface area (Å²) in [6, 6.07) is 19.3. The van der Waals surface area contributed by atoms with E-state index in [1.54, 1.807) is 12.5 Å². The summed E-state index contributed by atoms with van der Waals surface area (Å²) in [5.74, 6) is 0.472. The molecular formula is C30H28ClN5O3S. The van der Waals surface area contributed by atoms with Crippen LogP contribution in [0.3, 0.4) is 0 Å². The van der Waals surface area contributed by atoms with Crippen LogP contribution in [0.25, 0.3) is 27.3 Å². The number of pyridine rings is 1. The van der Waals surface area contributed by atoms with E-state index in [0.29, 0.717) is 21.4 Å². The molecule has 0 aliphatic carbocycles. The number of nitrogens with one attached hydrogen (secondary N) is 1. The Morgan fingerprint density at radius 2 is 1.95 bits per heavy atom. The Morgan fingerprint density at radius 1 is 1.10 bits per heavy atom. The van der Waals surface area contributed by atoms with Gasteiger partial charge in [0.05, 0.1) is 21.7 Å². The maximum atomic E-state index is 12.4. The highest BCUT2D eigenvalue weighted by molar-refractivity contribution is 7.16. The van der Waals surface area contributed by atoms with E-state index in [1.807, 2.05) is 72.2 Å². The lowest BCUT2D eigenvalue weighted by molar-refractivity contribution is 0.0998. The second kappa shape index (κ2) is 11.3. The first-order valence-corrected chi connectivity index (χ1v) is 14.3. The number of hydrogen-bond donors (Lipinski definition) is 2. The average Bonchev–Trinajstić information content (AvgIpc) is 3.59. The lowest BCUT2D eigenvalue weighted by Gasteiger charge is -2.25. The van der Waals surface area contributed by atoms with Crippen LogP contribution in [-0.4, -0.2) is 39.6 Å². The van der Waals surface area contributed by atoms with E-state index in [0.717, 1.165) is 58.8 Å². The van der Waals surface area contributed by atoms with Gasteiger partial charge in [0.1, 0.15) is 39.9 Å². The Balaban J connectivity index is 1.27. The molecule has 0 radical (unpaired) electrons. The first-order chi connectivity index (χ1) is 19.5. The Labute approximate surface area is 240 Å². The molecule has 0 saturated carbocycles. The fourth-order valence-corrected chi connectivity index (χ4v) is 6.15. The number of carbonyl (C=O) groups is 1. The fraction of sp³-hybridized carbons (Fsp3) is 0.233. The number of amides is 1. The van der Waals surface area contributed by atoms with Crippen LogP contribution in [-0.2, 0) is 0 Å². The van der Waals surface area contributed by atoms with E-state index >= 15 is 0 Å². The van der Waals surface area contributed by atoms with Gasteiger partial charge in [-0.2, -0.15) is 0 Å². The number of benzene rings is 2. The number of ether oxygens (including phenoxy) is 2. The molecule has 1 atom stereocenters. The van der Waals surface area contributed by atoms with Crippen LogP contribution in [0.15, 0.2) is 73.2 Å². The Morgan fingerprint density at radius 3 is 2.73 bits per heavy atom. The lowest BCUT2D eigenvalue weighted by Crippen LogP contribution is -2.34. The van der Waals surface area contributed by atoms with Crippen molar-refractivity contribution >= 4 is 39.9 Å². The maximum absolute atomic E-state index is 12.4. The van der Waals surface area contributed by atoms with Crippen LogP contribution in [0.4, 0.5) is 0 Å². The number of carbonyl (C=O) groups excluding carboxylic acids is 1. The number of fused-ring (bicyclic) bond motifs is 1. The standard InChI is InChI=1S/C30H28ClN5O3S/c1-18(21-5-4-7-25(28(21)31)39-20-10-13-33-14-11-20)38-26-16-27(40-29(26)30(32)37)36-17-35-23-15-19(8-9-24(23)36)22-6-2-3-12-34-22/h2-9,12,15-18,20,33H,10-11,13-14H2,1H3,(H2,32,37)/t18-/m1/s1. The highest BCUT2D eigenvalue weighted by atomic mass is 35.5. The van der Waals surface area contributed by atoms with Crippen LogP contribution in [0.2, 0.25) is 5.02 Å². The third kappa shape index (κ3) is 5.28. The van der Waals surface area contributed by atoms with Crippen molar-refractivity contribution in [2.24, 2.45) is 5.73 Å². The number of imidazole rings is 1. The number of hydrogen-bond acceptors (Lipinski definition) is 7. The fourth-order valence-electron chi connectivity index (χ4n) is 4.90. The van der Waals surface area contributed by atoms with Gasteiger partial charge in [0.25, 0.3) is 5.91 Å². The molecule has 1 aliphatic rings. The first kappa shape index (κ1) is 26.3. The highest BCUT2D eigenvalue weighted by Crippen LogP contribution is 2.39. The monoisotopic (exact) mass is 573 g/mol. The van der Waals surface area contributed by atoms with Gasteiger partial charge in [-0.05, 0) is 63.2 Å². The minimum Gasteiger partial charge on any atom is -0.489 e. The smallest absolute Gasteiger partial charge is 0.262 e. The number of primary amides is 1. The molecule has 0 unspecified atom stereocenters. The second-order valence-corrected chi connectivity index (χ2v) is 11.1. The zero-order valence-corrected chi connectivity index (χ0v) is 23.4. The summed E-state index contributed by atoms with van der Waals surface area (Å²) in [6.45, 7) is 3.74. The highest BCUT2D eigenvalue weighted by Gasteiger charge is 2.23. The van der Waals surface area contributed by atoms with Crippen molar-refractivity contribution in [2.75, 3.05) is 13.1 Å². The van der Waals surface area contributed by atoms with Crippen LogP contribution in [0.1, 0.15) is 41.1 Å². The van der Waals surface area contributed by atoms with Crippen molar-refractivity contribution in [3.8, 4) is 27.8 Å². The summed E-state index contributed by atoms with van der Waals surface area (Å²) in [4.78, 5) is 21.7. The summed E-state index contributed by atoms with van der Waals surface area (Å²) in [5.41, 5.74) is 10.1. The molecule has 0 bridgehead atoms. The SMILES string of the molecule is C[C@@H](Oc1cc(-n2cnc3cc(-c4ccccn4)ccc32)sc1C(N)=O)c1cccc(OC2CCNCC2)c1Cl. The maximum Gasteiger partial charge on any atom is 0.262 e. The lowest BCUT2D eigenvalue weighted by atomic mass is 10.1. The molecule has 1 fully saturated rings. The van der Waals surface area contributed by atoms with Crippen LogP contribution in [0.5, 0.6) is 11.5 Å². The summed E-state index contributed by atoms with van der Waals surface area (Å²) >= 11 is 8.03. The minimum absolute atomic E-state index is 0.121. The molecule has 0 spiro atoms. The second-order valence-electron chi connectivity index (χ2n) is 9.66. The Bertz CT molecular complexity index is 1660. The van der Waals surface area contributed by atoms with Gasteiger partial charge in [0, 0.05) is 23.4 Å². The quantitative estimate of drug-likeness (QED) is 0.230. The molecule has 204 valence electrons. The molecule has 4 heterocycles. The third-order valence-electron chi connectivity index (χ3n) is 6.97. The van der Waals surface area contributed by atoms with Gasteiger partial charge in [0.15, 0.2) is 0 Å². The van der Waals surface area contributed by atoms with E-state index in [9.17, 15) is 4.79 Å². The number of aromatic nitrogens is 3. The van der Waals surface area contributed by atoms with Crippen molar-refractivity contribution in [1.82, 2.24) is 19.9 Å². The molecule has 10 heteroatoms. The number of nitrogens with two attached hydrogens (primary N) is 1. The van der Waals surface area contributed by atoms with E-state index in [1.165, 1.54) is 11.3 Å². The molecule has 6 rings (SSSR count). The Hall–Kier alpha value is -3.92. The van der Waals surface area contributed by atoms with Gasteiger partial charge in [-0.25, -0.2) is 4.98 Å². The largest absolute Gasteiger partial charge is 0.489 e. The van der Waals surface area contributed by atoms with Crippen molar-refractivity contribution < 1.29 is 14.3 Å². The van der Waals surface area contributed by atoms with Gasteiger partial charge in [-0.1, -0.05) is 35.9 Å². The zero-order valence-electron chi connectivity index (χ0n) is 21.8. The normalized spacial score (nSPS) is 14.8. The molecule has 3 N–H and O–H groups in total. The summed E-state index contributed by atoms with van der Waals surface area (Å²) in [6.07, 6.45) is 5.03. The number of halogens is 1. The van der Waals surface area contributed by atoms with Crippen LogP contribution in [0, 0.1) is 0 Å². The number of nitrogens with zero attached hydrogens (tertiary/aromatic N) is 3. The van der Waals surface area contributed by atoms with Crippen molar-refractivity contribution in [3.63, 3.8) is 0 Å². The number of thiophene rings is 1. The molecule has 8 nitrogen and oxygen atoms in total. The van der Waals surface area contributed by atoms with Crippen molar-refractivity contribution in [1.29, 1.82) is 0 Å². The van der Waals surface area contributed by atoms with E-state index in [-0.39, 0.29) is 6.10 Å². The third-order valence-corrected chi connectivity index (χ3v) is 8.50. The number of rotatable bonds is 8. The summed E-state index contributed by atoms with van der Waals surface area (Å²) in [5, 5.41) is 4.61. The van der Waals surface area contributed by atoms with Gasteiger partial charge >= 0.3 is 0 Å². The molecule has 5 aromatic rings. The average molecular weight is 574 g/mol. The Kier molecular flexibility index (Phi) is 7.42. The molecule has 1 aliphatic heterocycles. The van der Waals surface area contributed by atoms with Gasteiger partial charge in [-0.3, -0.25) is 14.3 Å². The molecule has 2 aromatic carbocycles. The number of piperidine rings is 1. The summed E-state index contributed by atoms with van der Waals surface area (Å²) < 4.78 is 14.4. The molecular weight excluding hydrogens is 546 g/mol. The predicted octanol–water partition coefficient (Wildman–Crippen LogP) is 6.17.